The normalized spacial score (nSPS) is 11.9. The van der Waals surface area contributed by atoms with Crippen molar-refractivity contribution in [1.82, 2.24) is 25.4 Å². The monoisotopic (exact) mass is 464 g/mol. The van der Waals surface area contributed by atoms with Crippen molar-refractivity contribution in [2.45, 2.75) is 72.8 Å². The molecule has 0 amide bonds. The molecule has 0 bridgehead atoms. The summed E-state index contributed by atoms with van der Waals surface area (Å²) in [5.74, 6) is 0.936. The molecule has 7 heteroatoms. The van der Waals surface area contributed by atoms with Crippen LogP contribution in [0.1, 0.15) is 66.2 Å². The van der Waals surface area contributed by atoms with E-state index in [1.807, 2.05) is 4.57 Å². The molecule has 25 heavy (non-hydrogen) atoms. The lowest BCUT2D eigenvalue weighted by Gasteiger charge is -2.23. The van der Waals surface area contributed by atoms with Gasteiger partial charge in [-0.1, -0.05) is 40.0 Å². The van der Waals surface area contributed by atoms with Crippen LogP contribution in [-0.2, 0) is 6.54 Å². The SMILES string of the molecule is CCCCCC(C)(C)CN=C(NCC)NCCCCn1cnnc1.I. The van der Waals surface area contributed by atoms with E-state index in [1.54, 1.807) is 12.7 Å². The Morgan fingerprint density at radius 2 is 1.76 bits per heavy atom. The zero-order chi connectivity index (χ0) is 17.7. The highest BCUT2D eigenvalue weighted by Gasteiger charge is 2.16. The number of aliphatic imine (C=N–C) groups is 1. The molecule has 1 aromatic heterocycles. The summed E-state index contributed by atoms with van der Waals surface area (Å²) < 4.78 is 2.01. The van der Waals surface area contributed by atoms with Crippen LogP contribution in [0, 0.1) is 5.41 Å². The Hall–Kier alpha value is -0.860. The Morgan fingerprint density at radius 1 is 1.04 bits per heavy atom. The van der Waals surface area contributed by atoms with Gasteiger partial charge >= 0.3 is 0 Å². The van der Waals surface area contributed by atoms with Crippen molar-refractivity contribution in [3.8, 4) is 0 Å². The molecule has 0 aliphatic heterocycles. The first kappa shape index (κ1) is 24.1. The second-order valence-corrected chi connectivity index (χ2v) is 7.15. The molecule has 0 saturated heterocycles. The maximum absolute atomic E-state index is 4.78. The first-order chi connectivity index (χ1) is 11.6. The molecule has 0 aliphatic carbocycles. The van der Waals surface area contributed by atoms with E-state index in [-0.39, 0.29) is 29.4 Å². The average molecular weight is 464 g/mol. The number of rotatable bonds is 12. The minimum atomic E-state index is 0. The number of guanidine groups is 1. The summed E-state index contributed by atoms with van der Waals surface area (Å²) in [6.07, 6.45) is 10.9. The van der Waals surface area contributed by atoms with Crippen LogP contribution in [0.2, 0.25) is 0 Å². The van der Waals surface area contributed by atoms with Crippen LogP contribution in [0.3, 0.4) is 0 Å². The lowest BCUT2D eigenvalue weighted by Crippen LogP contribution is -2.38. The van der Waals surface area contributed by atoms with Crippen LogP contribution < -0.4 is 10.6 Å². The van der Waals surface area contributed by atoms with Gasteiger partial charge in [-0.2, -0.15) is 0 Å². The van der Waals surface area contributed by atoms with E-state index < -0.39 is 0 Å². The van der Waals surface area contributed by atoms with Crippen molar-refractivity contribution in [3.05, 3.63) is 12.7 Å². The molecule has 0 fully saturated rings. The van der Waals surface area contributed by atoms with Crippen LogP contribution in [-0.4, -0.2) is 40.4 Å². The fraction of sp³-hybridized carbons (Fsp3) is 0.833. The lowest BCUT2D eigenvalue weighted by molar-refractivity contribution is 0.332. The predicted molar refractivity (Wildman–Crippen MR) is 117 cm³/mol. The van der Waals surface area contributed by atoms with Gasteiger partial charge in [0.05, 0.1) is 0 Å². The van der Waals surface area contributed by atoms with E-state index in [2.05, 4.69) is 48.5 Å². The molecule has 0 radical (unpaired) electrons. The quantitative estimate of drug-likeness (QED) is 0.214. The van der Waals surface area contributed by atoms with Crippen LogP contribution in [0.4, 0.5) is 0 Å². The minimum absolute atomic E-state index is 0. The first-order valence-electron chi connectivity index (χ1n) is 9.42. The zero-order valence-electron chi connectivity index (χ0n) is 16.4. The molecule has 0 aliphatic rings. The highest BCUT2D eigenvalue weighted by atomic mass is 127. The van der Waals surface area contributed by atoms with Gasteiger partial charge in [-0.25, -0.2) is 0 Å². The summed E-state index contributed by atoms with van der Waals surface area (Å²) in [4.78, 5) is 4.78. The fourth-order valence-corrected chi connectivity index (χ4v) is 2.53. The van der Waals surface area contributed by atoms with Crippen molar-refractivity contribution < 1.29 is 0 Å². The van der Waals surface area contributed by atoms with Crippen LogP contribution in [0.25, 0.3) is 0 Å². The third-order valence-corrected chi connectivity index (χ3v) is 4.07. The minimum Gasteiger partial charge on any atom is -0.357 e. The molecule has 0 unspecified atom stereocenters. The maximum Gasteiger partial charge on any atom is 0.191 e. The van der Waals surface area contributed by atoms with E-state index in [1.165, 1.54) is 25.7 Å². The van der Waals surface area contributed by atoms with E-state index in [9.17, 15) is 0 Å². The first-order valence-corrected chi connectivity index (χ1v) is 9.42. The summed E-state index contributed by atoms with van der Waals surface area (Å²) in [6, 6.07) is 0. The van der Waals surface area contributed by atoms with Gasteiger partial charge in [0.1, 0.15) is 12.7 Å². The van der Waals surface area contributed by atoms with Gasteiger partial charge in [0.15, 0.2) is 5.96 Å². The molecular weight excluding hydrogens is 427 g/mol. The Balaban J connectivity index is 0.00000576. The van der Waals surface area contributed by atoms with Gasteiger partial charge in [-0.3, -0.25) is 4.99 Å². The Labute approximate surface area is 170 Å². The van der Waals surface area contributed by atoms with E-state index in [0.717, 1.165) is 45.0 Å². The summed E-state index contributed by atoms with van der Waals surface area (Å²) in [6.45, 7) is 12.6. The number of unbranched alkanes of at least 4 members (excludes halogenated alkanes) is 3. The van der Waals surface area contributed by atoms with E-state index >= 15 is 0 Å². The van der Waals surface area contributed by atoms with Crippen LogP contribution in [0.15, 0.2) is 17.6 Å². The molecule has 0 spiro atoms. The highest BCUT2D eigenvalue weighted by Crippen LogP contribution is 2.23. The van der Waals surface area contributed by atoms with Crippen molar-refractivity contribution in [2.75, 3.05) is 19.6 Å². The number of hydrogen-bond acceptors (Lipinski definition) is 3. The van der Waals surface area contributed by atoms with Crippen LogP contribution in [0.5, 0.6) is 0 Å². The molecule has 1 aromatic rings. The van der Waals surface area contributed by atoms with Gasteiger partial charge in [0, 0.05) is 26.2 Å². The molecular formula is C18H37IN6. The molecule has 0 atom stereocenters. The van der Waals surface area contributed by atoms with E-state index in [4.69, 9.17) is 4.99 Å². The third kappa shape index (κ3) is 12.2. The fourth-order valence-electron chi connectivity index (χ4n) is 2.53. The van der Waals surface area contributed by atoms with Crippen LogP contribution >= 0.6 is 24.0 Å². The van der Waals surface area contributed by atoms with Crippen molar-refractivity contribution in [1.29, 1.82) is 0 Å². The average Bonchev–Trinajstić information content (AvgIpc) is 3.06. The molecule has 6 nitrogen and oxygen atoms in total. The Bertz CT molecular complexity index is 444. The summed E-state index contributed by atoms with van der Waals surface area (Å²) >= 11 is 0. The Morgan fingerprint density at radius 3 is 2.40 bits per heavy atom. The molecule has 0 aromatic carbocycles. The van der Waals surface area contributed by atoms with Gasteiger partial charge in [0.25, 0.3) is 0 Å². The van der Waals surface area contributed by atoms with Gasteiger partial charge in [0.2, 0.25) is 0 Å². The van der Waals surface area contributed by atoms with Crippen molar-refractivity contribution >= 4 is 29.9 Å². The third-order valence-electron chi connectivity index (χ3n) is 4.07. The molecule has 1 heterocycles. The second kappa shape index (κ2) is 14.3. The molecule has 2 N–H and O–H groups in total. The maximum atomic E-state index is 4.78. The zero-order valence-corrected chi connectivity index (χ0v) is 18.8. The predicted octanol–water partition coefficient (Wildman–Crippen LogP) is 3.84. The van der Waals surface area contributed by atoms with E-state index in [0.29, 0.717) is 0 Å². The van der Waals surface area contributed by atoms with Crippen molar-refractivity contribution in [3.63, 3.8) is 0 Å². The van der Waals surface area contributed by atoms with Gasteiger partial charge in [-0.05, 0) is 31.6 Å². The number of nitrogens with one attached hydrogen (secondary N) is 2. The molecule has 146 valence electrons. The summed E-state index contributed by atoms with van der Waals surface area (Å²) in [5.41, 5.74) is 0.270. The summed E-state index contributed by atoms with van der Waals surface area (Å²) in [5, 5.41) is 14.4. The standard InChI is InChI=1S/C18H36N6.HI/c1-5-7-8-11-18(3,4)14-21-17(19-6-2)20-12-9-10-13-24-15-22-23-16-24;/h15-16H,5-14H2,1-4H3,(H2,19,20,21);1H. The lowest BCUT2D eigenvalue weighted by atomic mass is 9.87. The highest BCUT2D eigenvalue weighted by molar-refractivity contribution is 14.0. The number of aromatic nitrogens is 3. The number of halogens is 1. The molecule has 0 saturated carbocycles. The smallest absolute Gasteiger partial charge is 0.191 e. The van der Waals surface area contributed by atoms with Gasteiger partial charge < -0.3 is 15.2 Å². The Kier molecular flexibility index (Phi) is 13.8. The summed E-state index contributed by atoms with van der Waals surface area (Å²) in [7, 11) is 0. The largest absolute Gasteiger partial charge is 0.357 e. The van der Waals surface area contributed by atoms with Crippen molar-refractivity contribution in [2.24, 2.45) is 10.4 Å². The second-order valence-electron chi connectivity index (χ2n) is 7.15. The number of nitrogens with zero attached hydrogens (tertiary/aromatic N) is 4. The topological polar surface area (TPSA) is 67.1 Å². The molecule has 1 rings (SSSR count). The van der Waals surface area contributed by atoms with Gasteiger partial charge in [-0.15, -0.1) is 34.2 Å². The number of aryl methyl sites for hydroxylation is 1. The number of hydrogen-bond donors (Lipinski definition) is 2.